The molecule has 0 aliphatic heterocycles. The summed E-state index contributed by atoms with van der Waals surface area (Å²) in [5.74, 6) is 0. The molecule has 0 aromatic carbocycles. The zero-order chi connectivity index (χ0) is 5.28. The molecule has 0 saturated heterocycles. The molecule has 0 fully saturated rings. The predicted molar refractivity (Wildman–Crippen MR) is 31.8 cm³/mol. The second-order valence-electron chi connectivity index (χ2n) is 1.97. The third-order valence-electron chi connectivity index (χ3n) is 1.06. The van der Waals surface area contributed by atoms with E-state index in [1.54, 1.807) is 0 Å². The van der Waals surface area contributed by atoms with Gasteiger partial charge in [0.2, 0.25) is 0 Å². The monoisotopic (exact) mass is 273 g/mol. The SMILES string of the molecule is CC1=CC(C)=C[CH]1.[Hf]. The number of hydrogen-bond acceptors (Lipinski definition) is 0. The normalized spacial score (nSPS) is 16.8. The van der Waals surface area contributed by atoms with Gasteiger partial charge in [-0.1, -0.05) is 23.3 Å². The van der Waals surface area contributed by atoms with Gasteiger partial charge in [-0.2, -0.15) is 0 Å². The van der Waals surface area contributed by atoms with Crippen molar-refractivity contribution in [2.45, 2.75) is 13.8 Å². The van der Waals surface area contributed by atoms with Crippen LogP contribution in [0.2, 0.25) is 0 Å². The standard InChI is InChI=1S/C7H9.Hf/c1-6-3-4-7(2)5-6;/h3-5H,1-2H3;. The van der Waals surface area contributed by atoms with E-state index in [2.05, 4.69) is 32.4 Å². The van der Waals surface area contributed by atoms with Crippen molar-refractivity contribution in [2.75, 3.05) is 0 Å². The molecule has 0 nitrogen and oxygen atoms in total. The van der Waals surface area contributed by atoms with E-state index in [0.717, 1.165) is 0 Å². The van der Waals surface area contributed by atoms with Crippen molar-refractivity contribution in [3.63, 3.8) is 0 Å². The van der Waals surface area contributed by atoms with Crippen molar-refractivity contribution in [3.05, 3.63) is 29.7 Å². The number of allylic oxidation sites excluding steroid dienone is 4. The van der Waals surface area contributed by atoms with Crippen LogP contribution in [0.3, 0.4) is 0 Å². The maximum absolute atomic E-state index is 2.17. The minimum atomic E-state index is 0. The maximum atomic E-state index is 2.17. The summed E-state index contributed by atoms with van der Waals surface area (Å²) in [6.07, 6.45) is 6.41. The minimum absolute atomic E-state index is 0. The smallest absolute Gasteiger partial charge is 0.00834 e. The van der Waals surface area contributed by atoms with Gasteiger partial charge in [-0.25, -0.2) is 0 Å². The van der Waals surface area contributed by atoms with Gasteiger partial charge in [-0.15, -0.1) is 0 Å². The van der Waals surface area contributed by atoms with Crippen molar-refractivity contribution < 1.29 is 25.8 Å². The summed E-state index contributed by atoms with van der Waals surface area (Å²) in [5, 5.41) is 0. The first-order valence-corrected chi connectivity index (χ1v) is 2.49. The second-order valence-corrected chi connectivity index (χ2v) is 1.97. The summed E-state index contributed by atoms with van der Waals surface area (Å²) in [6.45, 7) is 4.21. The molecular weight excluding hydrogens is 263 g/mol. The molecular formula is C7H9Hf. The van der Waals surface area contributed by atoms with Crippen LogP contribution in [-0.2, 0) is 25.8 Å². The molecule has 0 heterocycles. The Morgan fingerprint density at radius 3 is 1.88 bits per heavy atom. The Labute approximate surface area is 69.5 Å². The van der Waals surface area contributed by atoms with E-state index in [4.69, 9.17) is 0 Å². The molecule has 1 heteroatoms. The molecule has 1 rings (SSSR count). The molecule has 0 unspecified atom stereocenters. The molecule has 1 aliphatic rings. The van der Waals surface area contributed by atoms with Crippen molar-refractivity contribution in [3.8, 4) is 0 Å². The van der Waals surface area contributed by atoms with Crippen LogP contribution in [-0.4, -0.2) is 0 Å². The Balaban J connectivity index is 0.000000490. The molecule has 0 aromatic heterocycles. The van der Waals surface area contributed by atoms with Crippen molar-refractivity contribution in [1.29, 1.82) is 0 Å². The first-order chi connectivity index (χ1) is 3.29. The van der Waals surface area contributed by atoms with Crippen LogP contribution in [0.4, 0.5) is 0 Å². The van der Waals surface area contributed by atoms with Gasteiger partial charge in [-0.3, -0.25) is 0 Å². The van der Waals surface area contributed by atoms with Crippen LogP contribution in [0.5, 0.6) is 0 Å². The van der Waals surface area contributed by atoms with Crippen LogP contribution < -0.4 is 0 Å². The Bertz CT molecular complexity index is 131. The van der Waals surface area contributed by atoms with Gasteiger partial charge in [0.05, 0.1) is 0 Å². The summed E-state index contributed by atoms with van der Waals surface area (Å²) < 4.78 is 0. The molecule has 8 heavy (non-hydrogen) atoms. The van der Waals surface area contributed by atoms with E-state index >= 15 is 0 Å². The first-order valence-electron chi connectivity index (χ1n) is 2.49. The zero-order valence-electron chi connectivity index (χ0n) is 5.23. The number of hydrogen-bond donors (Lipinski definition) is 0. The van der Waals surface area contributed by atoms with Crippen LogP contribution in [0.25, 0.3) is 0 Å². The third-order valence-corrected chi connectivity index (χ3v) is 1.06. The van der Waals surface area contributed by atoms with E-state index < -0.39 is 0 Å². The van der Waals surface area contributed by atoms with Gasteiger partial charge >= 0.3 is 0 Å². The van der Waals surface area contributed by atoms with E-state index in [0.29, 0.717) is 0 Å². The molecule has 1 aliphatic carbocycles. The maximum Gasteiger partial charge on any atom is 0.00834 e. The quantitative estimate of drug-likeness (QED) is 0.592. The van der Waals surface area contributed by atoms with Crippen molar-refractivity contribution >= 4 is 0 Å². The van der Waals surface area contributed by atoms with Gasteiger partial charge in [0.1, 0.15) is 0 Å². The summed E-state index contributed by atoms with van der Waals surface area (Å²) in [4.78, 5) is 0. The fourth-order valence-electron chi connectivity index (χ4n) is 0.718. The predicted octanol–water partition coefficient (Wildman–Crippen LogP) is 2.09. The Morgan fingerprint density at radius 2 is 1.75 bits per heavy atom. The van der Waals surface area contributed by atoms with Crippen LogP contribution in [0.15, 0.2) is 23.3 Å². The van der Waals surface area contributed by atoms with E-state index in [-0.39, 0.29) is 25.8 Å². The van der Waals surface area contributed by atoms with Crippen LogP contribution >= 0.6 is 0 Å². The average molecular weight is 272 g/mol. The van der Waals surface area contributed by atoms with E-state index in [1.165, 1.54) is 11.1 Å². The van der Waals surface area contributed by atoms with Gasteiger partial charge in [-0.05, 0) is 13.8 Å². The fraction of sp³-hybridized carbons (Fsp3) is 0.286. The van der Waals surface area contributed by atoms with Gasteiger partial charge in [0, 0.05) is 32.3 Å². The Morgan fingerprint density at radius 1 is 1.12 bits per heavy atom. The molecule has 0 saturated carbocycles. The van der Waals surface area contributed by atoms with E-state index in [1.807, 2.05) is 0 Å². The Hall–Kier alpha value is 0.350. The fourth-order valence-corrected chi connectivity index (χ4v) is 0.718. The molecule has 0 N–H and O–H groups in total. The number of rotatable bonds is 0. The zero-order valence-corrected chi connectivity index (χ0v) is 8.82. The molecule has 1 radical (unpaired) electrons. The van der Waals surface area contributed by atoms with Gasteiger partial charge < -0.3 is 0 Å². The van der Waals surface area contributed by atoms with Crippen molar-refractivity contribution in [1.82, 2.24) is 0 Å². The summed E-state index contributed by atoms with van der Waals surface area (Å²) in [5.41, 5.74) is 2.72. The summed E-state index contributed by atoms with van der Waals surface area (Å²) >= 11 is 0. The minimum Gasteiger partial charge on any atom is -0.0735 e. The third kappa shape index (κ3) is 2.08. The van der Waals surface area contributed by atoms with Gasteiger partial charge in [0.25, 0.3) is 0 Å². The molecule has 0 aromatic rings. The largest absolute Gasteiger partial charge is 0.0735 e. The summed E-state index contributed by atoms with van der Waals surface area (Å²) in [7, 11) is 0. The second kappa shape index (κ2) is 3.39. The Kier molecular flexibility index (Phi) is 3.54. The topological polar surface area (TPSA) is 0 Å². The molecule has 0 spiro atoms. The molecule has 0 bridgehead atoms. The first kappa shape index (κ1) is 8.35. The average Bonchev–Trinajstić information content (AvgIpc) is 1.87. The molecule has 0 amide bonds. The summed E-state index contributed by atoms with van der Waals surface area (Å²) in [6, 6.07) is 0. The van der Waals surface area contributed by atoms with Gasteiger partial charge in [0.15, 0.2) is 0 Å². The molecule has 0 atom stereocenters. The van der Waals surface area contributed by atoms with Crippen molar-refractivity contribution in [2.24, 2.45) is 0 Å². The van der Waals surface area contributed by atoms with E-state index in [9.17, 15) is 0 Å². The molecule has 41 valence electrons. The van der Waals surface area contributed by atoms with Crippen LogP contribution in [0.1, 0.15) is 13.8 Å². The van der Waals surface area contributed by atoms with Crippen LogP contribution in [0, 0.1) is 6.42 Å².